The van der Waals surface area contributed by atoms with E-state index in [1.807, 2.05) is 0 Å². The van der Waals surface area contributed by atoms with E-state index in [2.05, 4.69) is 50.4 Å². The molecule has 0 fully saturated rings. The van der Waals surface area contributed by atoms with Crippen LogP contribution in [0.2, 0.25) is 0 Å². The third-order valence-electron chi connectivity index (χ3n) is 3.72. The zero-order valence-electron chi connectivity index (χ0n) is 13.7. The molecule has 120 valence electrons. The molecule has 0 unspecified atom stereocenters. The second-order valence-electron chi connectivity index (χ2n) is 5.87. The molecule has 0 aliphatic carbocycles. The van der Waals surface area contributed by atoms with Crippen molar-refractivity contribution >= 4 is 11.3 Å². The molecule has 4 heteroatoms. The van der Waals surface area contributed by atoms with Crippen LogP contribution in [-0.2, 0) is 6.42 Å². The fraction of sp³-hybridized carbons (Fsp3) is 0.500. The minimum Gasteiger partial charge on any atom is -0.396 e. The van der Waals surface area contributed by atoms with Crippen LogP contribution in [0.5, 0.6) is 0 Å². The molecule has 2 aromatic rings. The summed E-state index contributed by atoms with van der Waals surface area (Å²) < 4.78 is 0. The summed E-state index contributed by atoms with van der Waals surface area (Å²) >= 11 is 1.78. The number of rotatable bonds is 8. The Morgan fingerprint density at radius 3 is 2.55 bits per heavy atom. The summed E-state index contributed by atoms with van der Waals surface area (Å²) in [5.74, 6) is 0.561. The number of benzene rings is 1. The van der Waals surface area contributed by atoms with Gasteiger partial charge in [0, 0.05) is 30.0 Å². The number of nitrogens with one attached hydrogen (secondary N) is 1. The first-order valence-electron chi connectivity index (χ1n) is 8.00. The van der Waals surface area contributed by atoms with Crippen molar-refractivity contribution in [1.29, 1.82) is 0 Å². The van der Waals surface area contributed by atoms with Gasteiger partial charge >= 0.3 is 0 Å². The lowest BCUT2D eigenvalue weighted by Gasteiger charge is -2.06. The third kappa shape index (κ3) is 4.63. The van der Waals surface area contributed by atoms with E-state index in [-0.39, 0.29) is 6.61 Å². The van der Waals surface area contributed by atoms with Gasteiger partial charge in [-0.15, -0.1) is 11.3 Å². The number of thiazole rings is 1. The standard InChI is InChI=1S/C18H26N2OS/c1-13(2)15-5-7-16(8-6-15)18-14(3)22-17(20-18)9-11-19-10-4-12-21/h5-8,13,19,21H,4,9-12H2,1-3H3. The van der Waals surface area contributed by atoms with Crippen LogP contribution >= 0.6 is 11.3 Å². The van der Waals surface area contributed by atoms with Crippen molar-refractivity contribution in [1.82, 2.24) is 10.3 Å². The molecule has 0 radical (unpaired) electrons. The van der Waals surface area contributed by atoms with E-state index in [4.69, 9.17) is 10.1 Å². The maximum Gasteiger partial charge on any atom is 0.0948 e. The van der Waals surface area contributed by atoms with Gasteiger partial charge in [-0.25, -0.2) is 4.98 Å². The van der Waals surface area contributed by atoms with Gasteiger partial charge in [0.2, 0.25) is 0 Å². The third-order valence-corrected chi connectivity index (χ3v) is 4.75. The summed E-state index contributed by atoms with van der Waals surface area (Å²) in [5.41, 5.74) is 3.69. The fourth-order valence-corrected chi connectivity index (χ4v) is 3.33. The topological polar surface area (TPSA) is 45.1 Å². The first-order valence-corrected chi connectivity index (χ1v) is 8.81. The minimum absolute atomic E-state index is 0.250. The van der Waals surface area contributed by atoms with E-state index in [0.717, 1.165) is 31.6 Å². The molecule has 0 amide bonds. The van der Waals surface area contributed by atoms with Gasteiger partial charge in [0.1, 0.15) is 0 Å². The molecule has 0 atom stereocenters. The zero-order valence-corrected chi connectivity index (χ0v) is 14.5. The highest BCUT2D eigenvalue weighted by atomic mass is 32.1. The lowest BCUT2D eigenvalue weighted by Crippen LogP contribution is -2.19. The Morgan fingerprint density at radius 1 is 1.18 bits per heavy atom. The van der Waals surface area contributed by atoms with Crippen molar-refractivity contribution in [2.75, 3.05) is 19.7 Å². The monoisotopic (exact) mass is 318 g/mol. The predicted molar refractivity (Wildman–Crippen MR) is 94.7 cm³/mol. The van der Waals surface area contributed by atoms with Crippen LogP contribution in [0.1, 0.15) is 41.6 Å². The van der Waals surface area contributed by atoms with Gasteiger partial charge in [0.15, 0.2) is 0 Å². The lowest BCUT2D eigenvalue weighted by atomic mass is 10.0. The van der Waals surface area contributed by atoms with Gasteiger partial charge < -0.3 is 10.4 Å². The van der Waals surface area contributed by atoms with E-state index >= 15 is 0 Å². The molecule has 0 bridgehead atoms. The van der Waals surface area contributed by atoms with Gasteiger partial charge in [0.05, 0.1) is 10.7 Å². The molecule has 0 spiro atoms. The second kappa shape index (κ2) is 8.42. The zero-order chi connectivity index (χ0) is 15.9. The van der Waals surface area contributed by atoms with Crippen molar-refractivity contribution in [3.05, 3.63) is 39.7 Å². The molecule has 3 nitrogen and oxygen atoms in total. The predicted octanol–water partition coefficient (Wildman–Crippen LogP) is 3.76. The summed E-state index contributed by atoms with van der Waals surface area (Å²) in [5, 5.41) is 13.3. The molecule has 1 heterocycles. The Morgan fingerprint density at radius 2 is 1.91 bits per heavy atom. The fourth-order valence-electron chi connectivity index (χ4n) is 2.38. The van der Waals surface area contributed by atoms with E-state index in [1.165, 1.54) is 21.0 Å². The number of aliphatic hydroxyl groups excluding tert-OH is 1. The number of nitrogens with zero attached hydrogens (tertiary/aromatic N) is 1. The highest BCUT2D eigenvalue weighted by Gasteiger charge is 2.10. The van der Waals surface area contributed by atoms with Crippen molar-refractivity contribution in [2.45, 2.75) is 39.5 Å². The molecular weight excluding hydrogens is 292 g/mol. The highest BCUT2D eigenvalue weighted by Crippen LogP contribution is 2.28. The van der Waals surface area contributed by atoms with Crippen molar-refractivity contribution in [2.24, 2.45) is 0 Å². The van der Waals surface area contributed by atoms with Crippen LogP contribution in [0.25, 0.3) is 11.3 Å². The minimum atomic E-state index is 0.250. The average molecular weight is 318 g/mol. The van der Waals surface area contributed by atoms with E-state index in [0.29, 0.717) is 5.92 Å². The first-order chi connectivity index (χ1) is 10.6. The largest absolute Gasteiger partial charge is 0.396 e. The van der Waals surface area contributed by atoms with Gasteiger partial charge in [-0.3, -0.25) is 0 Å². The van der Waals surface area contributed by atoms with Crippen molar-refractivity contribution < 1.29 is 5.11 Å². The van der Waals surface area contributed by atoms with Gasteiger partial charge in [-0.1, -0.05) is 38.1 Å². The Hall–Kier alpha value is -1.23. The number of hydrogen-bond donors (Lipinski definition) is 2. The Labute approximate surface area is 137 Å². The average Bonchev–Trinajstić information content (AvgIpc) is 2.88. The smallest absolute Gasteiger partial charge is 0.0948 e. The normalized spacial score (nSPS) is 11.3. The van der Waals surface area contributed by atoms with Crippen LogP contribution in [0.3, 0.4) is 0 Å². The summed E-state index contributed by atoms with van der Waals surface area (Å²) in [7, 11) is 0. The summed E-state index contributed by atoms with van der Waals surface area (Å²) in [4.78, 5) is 6.08. The quantitative estimate of drug-likeness (QED) is 0.729. The molecule has 22 heavy (non-hydrogen) atoms. The number of aromatic nitrogens is 1. The summed E-state index contributed by atoms with van der Waals surface area (Å²) in [6.07, 6.45) is 1.76. The lowest BCUT2D eigenvalue weighted by molar-refractivity contribution is 0.286. The van der Waals surface area contributed by atoms with Crippen LogP contribution in [0, 0.1) is 6.92 Å². The van der Waals surface area contributed by atoms with Gasteiger partial charge in [-0.05, 0) is 31.4 Å². The van der Waals surface area contributed by atoms with Crippen LogP contribution < -0.4 is 5.32 Å². The van der Waals surface area contributed by atoms with Crippen molar-refractivity contribution in [3.8, 4) is 11.3 Å². The molecule has 2 rings (SSSR count). The number of hydrogen-bond acceptors (Lipinski definition) is 4. The SMILES string of the molecule is Cc1sc(CCNCCCO)nc1-c1ccc(C(C)C)cc1. The van der Waals surface area contributed by atoms with Crippen LogP contribution in [0.15, 0.2) is 24.3 Å². The molecule has 1 aromatic heterocycles. The van der Waals surface area contributed by atoms with Gasteiger partial charge in [-0.2, -0.15) is 0 Å². The molecule has 0 saturated carbocycles. The molecule has 1 aromatic carbocycles. The second-order valence-corrected chi connectivity index (χ2v) is 7.15. The number of aryl methyl sites for hydroxylation is 1. The van der Waals surface area contributed by atoms with E-state index in [1.54, 1.807) is 11.3 Å². The maximum absolute atomic E-state index is 8.75. The molecule has 0 saturated heterocycles. The Kier molecular flexibility index (Phi) is 6.55. The molecule has 0 aliphatic heterocycles. The van der Waals surface area contributed by atoms with Gasteiger partial charge in [0.25, 0.3) is 0 Å². The van der Waals surface area contributed by atoms with E-state index in [9.17, 15) is 0 Å². The van der Waals surface area contributed by atoms with Crippen molar-refractivity contribution in [3.63, 3.8) is 0 Å². The van der Waals surface area contributed by atoms with E-state index < -0.39 is 0 Å². The summed E-state index contributed by atoms with van der Waals surface area (Å²) in [6.45, 7) is 8.60. The molecule has 0 aliphatic rings. The van der Waals surface area contributed by atoms with Crippen LogP contribution in [0.4, 0.5) is 0 Å². The number of aliphatic hydroxyl groups is 1. The Balaban J connectivity index is 2.00. The first kappa shape index (κ1) is 17.1. The Bertz CT molecular complexity index is 575. The van der Waals surface area contributed by atoms with Crippen LogP contribution in [-0.4, -0.2) is 29.8 Å². The maximum atomic E-state index is 8.75. The molecule has 2 N–H and O–H groups in total. The highest BCUT2D eigenvalue weighted by molar-refractivity contribution is 7.12. The summed E-state index contributed by atoms with van der Waals surface area (Å²) in [6, 6.07) is 8.77. The molecular formula is C18H26N2OS.